The minimum atomic E-state index is 0.0560. The van der Waals surface area contributed by atoms with Crippen LogP contribution in [-0.4, -0.2) is 61.1 Å². The Morgan fingerprint density at radius 2 is 1.96 bits per heavy atom. The number of nitrogens with one attached hydrogen (secondary N) is 1. The molecule has 4 atom stereocenters. The summed E-state index contributed by atoms with van der Waals surface area (Å²) in [6.45, 7) is 5.78. The largest absolute Gasteiger partial charge is 0.497 e. The maximum atomic E-state index is 13.0. The molecule has 0 radical (unpaired) electrons. The molecule has 148 valence electrons. The normalized spacial score (nSPS) is 30.0. The van der Waals surface area contributed by atoms with E-state index in [4.69, 9.17) is 4.74 Å². The van der Waals surface area contributed by atoms with Gasteiger partial charge in [0, 0.05) is 38.3 Å². The molecule has 4 rings (SSSR count). The highest BCUT2D eigenvalue weighted by Crippen LogP contribution is 2.34. The van der Waals surface area contributed by atoms with Crippen LogP contribution in [0, 0.1) is 5.92 Å². The summed E-state index contributed by atoms with van der Waals surface area (Å²) in [5.41, 5.74) is 1.27. The highest BCUT2D eigenvalue weighted by atomic mass is 16.5. The van der Waals surface area contributed by atoms with E-state index in [-0.39, 0.29) is 6.04 Å². The Labute approximate surface area is 163 Å². The van der Waals surface area contributed by atoms with Crippen molar-refractivity contribution in [1.82, 2.24) is 15.1 Å². The van der Waals surface area contributed by atoms with E-state index in [0.29, 0.717) is 18.0 Å². The van der Waals surface area contributed by atoms with E-state index < -0.39 is 0 Å². The Bertz CT molecular complexity index is 643. The number of hydrogen-bond donors (Lipinski definition) is 1. The summed E-state index contributed by atoms with van der Waals surface area (Å²) in [4.78, 5) is 17.6. The minimum Gasteiger partial charge on any atom is -0.497 e. The monoisotopic (exact) mass is 371 g/mol. The molecule has 1 amide bonds. The van der Waals surface area contributed by atoms with Crippen LogP contribution < -0.4 is 10.1 Å². The van der Waals surface area contributed by atoms with Crippen LogP contribution in [0.25, 0.3) is 0 Å². The lowest BCUT2D eigenvalue weighted by atomic mass is 9.85. The van der Waals surface area contributed by atoms with Gasteiger partial charge in [-0.2, -0.15) is 0 Å². The van der Waals surface area contributed by atoms with Crippen molar-refractivity contribution in [2.75, 3.05) is 33.3 Å². The number of nitrogens with zero attached hydrogens (tertiary/aromatic N) is 2. The van der Waals surface area contributed by atoms with E-state index in [1.165, 1.54) is 31.2 Å². The first kappa shape index (κ1) is 18.8. The number of fused-ring (bicyclic) bond motifs is 1. The van der Waals surface area contributed by atoms with Crippen LogP contribution in [0.2, 0.25) is 0 Å². The molecule has 27 heavy (non-hydrogen) atoms. The van der Waals surface area contributed by atoms with Gasteiger partial charge < -0.3 is 15.0 Å². The molecule has 4 unspecified atom stereocenters. The summed E-state index contributed by atoms with van der Waals surface area (Å²) in [5.74, 6) is 1.96. The van der Waals surface area contributed by atoms with Crippen molar-refractivity contribution < 1.29 is 9.53 Å². The zero-order chi connectivity index (χ0) is 18.8. The van der Waals surface area contributed by atoms with Crippen molar-refractivity contribution in [2.24, 2.45) is 5.92 Å². The Hall–Kier alpha value is -1.59. The van der Waals surface area contributed by atoms with E-state index in [1.807, 2.05) is 6.07 Å². The lowest BCUT2D eigenvalue weighted by molar-refractivity contribution is -0.135. The van der Waals surface area contributed by atoms with E-state index >= 15 is 0 Å². The van der Waals surface area contributed by atoms with Gasteiger partial charge in [-0.25, -0.2) is 0 Å². The Morgan fingerprint density at radius 1 is 1.19 bits per heavy atom. The number of carbonyl (C=O) groups is 1. The summed E-state index contributed by atoms with van der Waals surface area (Å²) in [5, 5.41) is 3.64. The molecule has 0 spiro atoms. The van der Waals surface area contributed by atoms with Crippen LogP contribution in [0.1, 0.15) is 50.6 Å². The molecular formula is C22H33N3O2. The third kappa shape index (κ3) is 3.99. The molecule has 1 aromatic rings. The SMILES string of the molecule is COc1cccc(C(C)N2CCN(C(=O)C3CC4CCCCC4N3)CC2)c1. The summed E-state index contributed by atoms with van der Waals surface area (Å²) < 4.78 is 5.36. The van der Waals surface area contributed by atoms with Crippen molar-refractivity contribution in [1.29, 1.82) is 0 Å². The number of piperazine rings is 1. The summed E-state index contributed by atoms with van der Waals surface area (Å²) in [6, 6.07) is 9.29. The van der Waals surface area contributed by atoms with E-state index in [2.05, 4.69) is 40.2 Å². The molecule has 5 heteroatoms. The zero-order valence-corrected chi connectivity index (χ0v) is 16.7. The van der Waals surface area contributed by atoms with Gasteiger partial charge in [0.25, 0.3) is 0 Å². The second kappa shape index (κ2) is 8.19. The van der Waals surface area contributed by atoms with Crippen LogP contribution in [0.4, 0.5) is 0 Å². The van der Waals surface area contributed by atoms with Gasteiger partial charge in [0.05, 0.1) is 13.2 Å². The number of carbonyl (C=O) groups excluding carboxylic acids is 1. The zero-order valence-electron chi connectivity index (χ0n) is 16.7. The summed E-state index contributed by atoms with van der Waals surface area (Å²) >= 11 is 0. The third-order valence-electron chi connectivity index (χ3n) is 6.91. The fourth-order valence-electron chi connectivity index (χ4n) is 5.17. The quantitative estimate of drug-likeness (QED) is 0.884. The molecule has 1 aromatic carbocycles. The topological polar surface area (TPSA) is 44.8 Å². The molecule has 1 N–H and O–H groups in total. The predicted molar refractivity (Wildman–Crippen MR) is 107 cm³/mol. The summed E-state index contributed by atoms with van der Waals surface area (Å²) in [7, 11) is 1.71. The van der Waals surface area contributed by atoms with Gasteiger partial charge in [-0.15, -0.1) is 0 Å². The van der Waals surface area contributed by atoms with Gasteiger partial charge in [0.2, 0.25) is 5.91 Å². The first-order valence-electron chi connectivity index (χ1n) is 10.6. The average Bonchev–Trinajstić information content (AvgIpc) is 3.17. The van der Waals surface area contributed by atoms with Gasteiger partial charge in [0.15, 0.2) is 0 Å². The molecule has 3 aliphatic rings. The standard InChI is InChI=1S/C22H33N3O2/c1-16(17-7-5-8-19(14-17)27-2)24-10-12-25(13-11-24)22(26)21-15-18-6-3-4-9-20(18)23-21/h5,7-8,14,16,18,20-21,23H,3-4,6,9-13,15H2,1-2H3. The third-order valence-corrected chi connectivity index (χ3v) is 6.91. The molecule has 2 aliphatic heterocycles. The lowest BCUT2D eigenvalue weighted by Gasteiger charge is -2.39. The molecule has 1 saturated carbocycles. The molecule has 0 bridgehead atoms. The molecule has 0 aromatic heterocycles. The molecule has 2 heterocycles. The number of ether oxygens (including phenoxy) is 1. The van der Waals surface area contributed by atoms with Gasteiger partial charge in [-0.05, 0) is 49.8 Å². The van der Waals surface area contributed by atoms with E-state index in [0.717, 1.165) is 44.3 Å². The Morgan fingerprint density at radius 3 is 2.70 bits per heavy atom. The molecule has 2 saturated heterocycles. The highest BCUT2D eigenvalue weighted by molar-refractivity contribution is 5.82. The number of amides is 1. The molecule has 1 aliphatic carbocycles. The second-order valence-corrected chi connectivity index (χ2v) is 8.42. The van der Waals surface area contributed by atoms with Crippen molar-refractivity contribution >= 4 is 5.91 Å². The molecule has 3 fully saturated rings. The van der Waals surface area contributed by atoms with Crippen molar-refractivity contribution in [3.63, 3.8) is 0 Å². The average molecular weight is 372 g/mol. The van der Waals surface area contributed by atoms with Crippen LogP contribution in [-0.2, 0) is 4.79 Å². The van der Waals surface area contributed by atoms with Crippen LogP contribution in [0.5, 0.6) is 5.75 Å². The van der Waals surface area contributed by atoms with Gasteiger partial charge in [-0.3, -0.25) is 9.69 Å². The van der Waals surface area contributed by atoms with E-state index in [1.54, 1.807) is 7.11 Å². The maximum absolute atomic E-state index is 13.0. The Kier molecular flexibility index (Phi) is 5.69. The second-order valence-electron chi connectivity index (χ2n) is 8.42. The van der Waals surface area contributed by atoms with Crippen molar-refractivity contribution in [3.8, 4) is 5.75 Å². The maximum Gasteiger partial charge on any atom is 0.239 e. The van der Waals surface area contributed by atoms with Crippen molar-refractivity contribution in [2.45, 2.75) is 57.2 Å². The first-order chi connectivity index (χ1) is 13.2. The fraction of sp³-hybridized carbons (Fsp3) is 0.682. The van der Waals surface area contributed by atoms with E-state index in [9.17, 15) is 4.79 Å². The van der Waals surface area contributed by atoms with Crippen LogP contribution in [0.3, 0.4) is 0 Å². The molecular weight excluding hydrogens is 338 g/mol. The highest BCUT2D eigenvalue weighted by Gasteiger charge is 2.40. The smallest absolute Gasteiger partial charge is 0.239 e. The van der Waals surface area contributed by atoms with Gasteiger partial charge >= 0.3 is 0 Å². The number of benzene rings is 1. The Balaban J connectivity index is 1.31. The lowest BCUT2D eigenvalue weighted by Crippen LogP contribution is -2.53. The van der Waals surface area contributed by atoms with Gasteiger partial charge in [-0.1, -0.05) is 25.0 Å². The van der Waals surface area contributed by atoms with Crippen LogP contribution in [0.15, 0.2) is 24.3 Å². The number of rotatable bonds is 4. The predicted octanol–water partition coefficient (Wildman–Crippen LogP) is 2.82. The van der Waals surface area contributed by atoms with Crippen LogP contribution >= 0.6 is 0 Å². The van der Waals surface area contributed by atoms with Gasteiger partial charge in [0.1, 0.15) is 5.75 Å². The van der Waals surface area contributed by atoms with Crippen molar-refractivity contribution in [3.05, 3.63) is 29.8 Å². The first-order valence-corrected chi connectivity index (χ1v) is 10.6. The number of methoxy groups -OCH3 is 1. The fourth-order valence-corrected chi connectivity index (χ4v) is 5.17. The number of hydrogen-bond acceptors (Lipinski definition) is 4. The molecule has 5 nitrogen and oxygen atoms in total. The minimum absolute atomic E-state index is 0.0560. The summed E-state index contributed by atoms with van der Waals surface area (Å²) in [6.07, 6.45) is 6.25.